The fourth-order valence-electron chi connectivity index (χ4n) is 3.01. The van der Waals surface area contributed by atoms with Crippen molar-refractivity contribution in [2.24, 2.45) is 0 Å². The monoisotopic (exact) mass is 532 g/mol. The highest BCUT2D eigenvalue weighted by molar-refractivity contribution is 8.18. The van der Waals surface area contributed by atoms with Crippen molar-refractivity contribution in [3.05, 3.63) is 63.5 Å². The summed E-state index contributed by atoms with van der Waals surface area (Å²) in [5, 5.41) is 2.08. The van der Waals surface area contributed by atoms with E-state index in [0.29, 0.717) is 23.1 Å². The van der Waals surface area contributed by atoms with Gasteiger partial charge in [0.25, 0.3) is 11.1 Å². The zero-order valence-electron chi connectivity index (χ0n) is 19.2. The van der Waals surface area contributed by atoms with E-state index in [9.17, 15) is 24.0 Å². The molecule has 10 nitrogen and oxygen atoms in total. The Morgan fingerprint density at radius 2 is 1.83 bits per heavy atom. The first-order valence-corrected chi connectivity index (χ1v) is 11.7. The Morgan fingerprint density at radius 1 is 1.11 bits per heavy atom. The quantitative estimate of drug-likeness (QED) is 0.379. The first-order chi connectivity index (χ1) is 17.2. The van der Waals surface area contributed by atoms with Gasteiger partial charge >= 0.3 is 11.9 Å². The maximum Gasteiger partial charge on any atom is 0.344 e. The number of rotatable bonds is 9. The van der Waals surface area contributed by atoms with E-state index in [0.717, 1.165) is 4.90 Å². The molecule has 188 valence electrons. The second-order valence-corrected chi connectivity index (χ2v) is 8.57. The first kappa shape index (κ1) is 26.8. The highest BCUT2D eigenvalue weighted by atomic mass is 35.5. The maximum atomic E-state index is 12.7. The van der Waals surface area contributed by atoms with E-state index in [1.165, 1.54) is 31.4 Å². The van der Waals surface area contributed by atoms with Crippen LogP contribution in [0.2, 0.25) is 5.02 Å². The van der Waals surface area contributed by atoms with Crippen molar-refractivity contribution in [3.8, 4) is 5.75 Å². The Bertz CT molecular complexity index is 1230. The summed E-state index contributed by atoms with van der Waals surface area (Å²) in [5.41, 5.74) is 0.922. The van der Waals surface area contributed by atoms with Crippen LogP contribution >= 0.6 is 23.4 Å². The lowest BCUT2D eigenvalue weighted by molar-refractivity contribution is -0.145. The van der Waals surface area contributed by atoms with Crippen LogP contribution in [-0.4, -0.2) is 60.8 Å². The summed E-state index contributed by atoms with van der Waals surface area (Å²) in [6.07, 6.45) is 1.51. The van der Waals surface area contributed by atoms with Crippen LogP contribution in [0.15, 0.2) is 47.4 Å². The minimum atomic E-state index is -0.675. The molecule has 1 fully saturated rings. The number of imide groups is 1. The van der Waals surface area contributed by atoms with E-state index in [4.69, 9.17) is 21.1 Å². The molecule has 0 atom stereocenters. The molecular formula is C24H21ClN2O8S. The third-order valence-corrected chi connectivity index (χ3v) is 5.91. The number of anilines is 1. The zero-order chi connectivity index (χ0) is 26.2. The molecule has 3 rings (SSSR count). The van der Waals surface area contributed by atoms with Crippen molar-refractivity contribution in [1.82, 2.24) is 4.90 Å². The van der Waals surface area contributed by atoms with Gasteiger partial charge < -0.3 is 19.5 Å². The van der Waals surface area contributed by atoms with Gasteiger partial charge in [0.1, 0.15) is 12.3 Å². The first-order valence-electron chi connectivity index (χ1n) is 10.5. The molecule has 36 heavy (non-hydrogen) atoms. The van der Waals surface area contributed by atoms with E-state index < -0.39 is 35.5 Å². The van der Waals surface area contributed by atoms with Crippen LogP contribution in [0.4, 0.5) is 10.5 Å². The van der Waals surface area contributed by atoms with E-state index >= 15 is 0 Å². The minimum Gasteiger partial charge on any atom is -0.482 e. The number of carbonyl (C=O) groups is 5. The van der Waals surface area contributed by atoms with Gasteiger partial charge in [-0.05, 0) is 60.7 Å². The van der Waals surface area contributed by atoms with Gasteiger partial charge in [0.2, 0.25) is 5.91 Å². The number of halogens is 1. The Hall–Kier alpha value is -3.83. The number of carbonyl (C=O) groups excluding carboxylic acids is 5. The van der Waals surface area contributed by atoms with Crippen LogP contribution in [0.5, 0.6) is 5.75 Å². The summed E-state index contributed by atoms with van der Waals surface area (Å²) in [7, 11) is 1.20. The van der Waals surface area contributed by atoms with Crippen molar-refractivity contribution < 1.29 is 38.2 Å². The standard InChI is InChI=1S/C24H21ClN2O8S/c1-3-34-21(29)13-35-16-7-4-14(5-8-16)10-19-22(30)27(24(32)36-19)12-20(28)26-15-6-9-18(25)17(11-15)23(31)33-2/h4-11H,3,12-13H2,1-2H3,(H,26,28)/b19-10-. The van der Waals surface area contributed by atoms with Crippen molar-refractivity contribution in [2.45, 2.75) is 6.92 Å². The summed E-state index contributed by atoms with van der Waals surface area (Å²) in [4.78, 5) is 61.7. The molecule has 0 bridgehead atoms. The Balaban J connectivity index is 1.62. The molecule has 0 radical (unpaired) electrons. The number of thioether (sulfide) groups is 1. The van der Waals surface area contributed by atoms with Crippen LogP contribution in [-0.2, 0) is 23.9 Å². The minimum absolute atomic E-state index is 0.0587. The Kier molecular flexibility index (Phi) is 9.09. The van der Waals surface area contributed by atoms with E-state index in [1.54, 1.807) is 31.2 Å². The number of benzene rings is 2. The molecule has 0 unspecified atom stereocenters. The number of hydrogen-bond donors (Lipinski definition) is 1. The van der Waals surface area contributed by atoms with E-state index in [-0.39, 0.29) is 34.4 Å². The van der Waals surface area contributed by atoms with Gasteiger partial charge in [-0.15, -0.1) is 0 Å². The highest BCUT2D eigenvalue weighted by Gasteiger charge is 2.36. The van der Waals surface area contributed by atoms with Crippen LogP contribution in [0.1, 0.15) is 22.8 Å². The molecular weight excluding hydrogens is 512 g/mol. The largest absolute Gasteiger partial charge is 0.482 e. The number of nitrogens with zero attached hydrogens (tertiary/aromatic N) is 1. The predicted octanol–water partition coefficient (Wildman–Crippen LogP) is 3.74. The predicted molar refractivity (Wildman–Crippen MR) is 133 cm³/mol. The molecule has 0 saturated carbocycles. The second-order valence-electron chi connectivity index (χ2n) is 7.16. The molecule has 1 heterocycles. The van der Waals surface area contributed by atoms with Gasteiger partial charge in [-0.1, -0.05) is 23.7 Å². The van der Waals surface area contributed by atoms with Gasteiger partial charge in [-0.2, -0.15) is 0 Å². The van der Waals surface area contributed by atoms with Gasteiger partial charge in [0.15, 0.2) is 6.61 Å². The molecule has 1 saturated heterocycles. The normalized spacial score (nSPS) is 14.1. The van der Waals surface area contributed by atoms with Crippen molar-refractivity contribution in [3.63, 3.8) is 0 Å². The summed E-state index contributed by atoms with van der Waals surface area (Å²) in [5.74, 6) is -1.98. The molecule has 2 aromatic carbocycles. The summed E-state index contributed by atoms with van der Waals surface area (Å²) in [6.45, 7) is 1.21. The van der Waals surface area contributed by atoms with Gasteiger partial charge in [-0.25, -0.2) is 9.59 Å². The molecule has 3 amide bonds. The van der Waals surface area contributed by atoms with Crippen LogP contribution < -0.4 is 10.1 Å². The summed E-state index contributed by atoms with van der Waals surface area (Å²) >= 11 is 6.67. The third-order valence-electron chi connectivity index (χ3n) is 4.67. The number of nitrogens with one attached hydrogen (secondary N) is 1. The van der Waals surface area contributed by atoms with Crippen molar-refractivity contribution >= 4 is 64.1 Å². The average molecular weight is 533 g/mol. The van der Waals surface area contributed by atoms with Crippen molar-refractivity contribution in [1.29, 1.82) is 0 Å². The van der Waals surface area contributed by atoms with E-state index in [1.807, 2.05) is 0 Å². The summed E-state index contributed by atoms with van der Waals surface area (Å²) in [6, 6.07) is 10.7. The lowest BCUT2D eigenvalue weighted by atomic mass is 10.2. The Morgan fingerprint density at radius 3 is 2.50 bits per heavy atom. The maximum absolute atomic E-state index is 12.7. The molecule has 1 aliphatic heterocycles. The van der Waals surface area contributed by atoms with Crippen LogP contribution in [0.25, 0.3) is 6.08 Å². The van der Waals surface area contributed by atoms with Crippen LogP contribution in [0, 0.1) is 0 Å². The lowest BCUT2D eigenvalue weighted by Gasteiger charge is -2.13. The average Bonchev–Trinajstić information content (AvgIpc) is 3.11. The number of hydrogen-bond acceptors (Lipinski definition) is 9. The molecule has 0 aliphatic carbocycles. The van der Waals surface area contributed by atoms with Gasteiger partial charge in [0.05, 0.1) is 29.2 Å². The van der Waals surface area contributed by atoms with Gasteiger partial charge in [-0.3, -0.25) is 19.3 Å². The fourth-order valence-corrected chi connectivity index (χ4v) is 4.04. The zero-order valence-corrected chi connectivity index (χ0v) is 20.8. The number of methoxy groups -OCH3 is 1. The third kappa shape index (κ3) is 6.86. The van der Waals surface area contributed by atoms with E-state index in [2.05, 4.69) is 10.1 Å². The molecule has 1 N–H and O–H groups in total. The van der Waals surface area contributed by atoms with Crippen molar-refractivity contribution in [2.75, 3.05) is 32.2 Å². The molecule has 0 spiro atoms. The van der Waals surface area contributed by atoms with Crippen LogP contribution in [0.3, 0.4) is 0 Å². The Labute approximate surface area is 215 Å². The number of amides is 3. The lowest BCUT2D eigenvalue weighted by Crippen LogP contribution is -2.36. The highest BCUT2D eigenvalue weighted by Crippen LogP contribution is 2.32. The number of esters is 2. The summed E-state index contributed by atoms with van der Waals surface area (Å²) < 4.78 is 14.8. The molecule has 12 heteroatoms. The second kappa shape index (κ2) is 12.2. The topological polar surface area (TPSA) is 128 Å². The number of ether oxygens (including phenoxy) is 3. The SMILES string of the molecule is CCOC(=O)COc1ccc(/C=C2\SC(=O)N(CC(=O)Nc3ccc(Cl)c(C(=O)OC)c3)C2=O)cc1. The smallest absolute Gasteiger partial charge is 0.344 e. The fraction of sp³-hybridized carbons (Fsp3) is 0.208. The molecule has 1 aliphatic rings. The molecule has 0 aromatic heterocycles. The molecule has 2 aromatic rings. The van der Waals surface area contributed by atoms with Gasteiger partial charge in [0, 0.05) is 5.69 Å².